The molecule has 0 N–H and O–H groups in total. The summed E-state index contributed by atoms with van der Waals surface area (Å²) in [5.41, 5.74) is -0.606. The molecule has 1 aliphatic heterocycles. The predicted octanol–water partition coefficient (Wildman–Crippen LogP) is 1.59. The van der Waals surface area contributed by atoms with Crippen LogP contribution in [0.1, 0.15) is 10.4 Å². The lowest BCUT2D eigenvalue weighted by molar-refractivity contribution is 0.0965. The van der Waals surface area contributed by atoms with Crippen LogP contribution in [0.5, 0.6) is 5.75 Å². The van der Waals surface area contributed by atoms with E-state index < -0.39 is 11.1 Å². The van der Waals surface area contributed by atoms with Gasteiger partial charge in [0.15, 0.2) is 5.78 Å². The van der Waals surface area contributed by atoms with E-state index in [0.29, 0.717) is 23.5 Å². The largest absolute Gasteiger partial charge is 0.497 e. The monoisotopic (exact) mass is 396 g/mol. The summed E-state index contributed by atoms with van der Waals surface area (Å²) in [6.07, 6.45) is 0. The van der Waals surface area contributed by atoms with Crippen molar-refractivity contribution in [3.8, 4) is 5.75 Å². The minimum Gasteiger partial charge on any atom is -0.497 e. The van der Waals surface area contributed by atoms with Crippen molar-refractivity contribution in [3.05, 3.63) is 80.6 Å². The second-order valence-electron chi connectivity index (χ2n) is 6.50. The molecule has 8 nitrogen and oxygen atoms in total. The quantitative estimate of drug-likeness (QED) is 0.481. The van der Waals surface area contributed by atoms with E-state index in [2.05, 4.69) is 5.10 Å². The van der Waals surface area contributed by atoms with Gasteiger partial charge in [-0.25, -0.2) is 9.07 Å². The molecule has 1 aliphatic rings. The number of carbonyl (C=O) groups is 1. The van der Waals surface area contributed by atoms with Crippen molar-refractivity contribution < 1.29 is 13.9 Å². The molecule has 0 spiro atoms. The molecule has 9 heteroatoms. The van der Waals surface area contributed by atoms with E-state index in [9.17, 15) is 18.8 Å². The van der Waals surface area contributed by atoms with Crippen LogP contribution in [0.15, 0.2) is 58.1 Å². The maximum absolute atomic E-state index is 13.2. The zero-order valence-corrected chi connectivity index (χ0v) is 15.5. The molecule has 3 aromatic rings. The first-order valence-electron chi connectivity index (χ1n) is 8.90. The maximum Gasteiger partial charge on any atom is 0.333 e. The van der Waals surface area contributed by atoms with Gasteiger partial charge in [0.2, 0.25) is 5.95 Å². The topological polar surface area (TPSA) is 86.4 Å². The number of ether oxygens (including phenoxy) is 1. The zero-order valence-electron chi connectivity index (χ0n) is 15.5. The van der Waals surface area contributed by atoms with Crippen LogP contribution in [0, 0.1) is 5.82 Å². The Bertz CT molecular complexity index is 1180. The molecule has 148 valence electrons. The Labute approximate surface area is 164 Å². The molecular weight excluding hydrogens is 379 g/mol. The van der Waals surface area contributed by atoms with Crippen molar-refractivity contribution in [2.24, 2.45) is 0 Å². The Hall–Kier alpha value is -3.75. The molecule has 0 aliphatic carbocycles. The Kier molecular flexibility index (Phi) is 4.71. The maximum atomic E-state index is 13.2. The van der Waals surface area contributed by atoms with Gasteiger partial charge in [0.1, 0.15) is 18.1 Å². The molecule has 2 aromatic carbocycles. The van der Waals surface area contributed by atoms with Crippen molar-refractivity contribution in [1.82, 2.24) is 14.3 Å². The van der Waals surface area contributed by atoms with E-state index in [1.807, 2.05) is 0 Å². The summed E-state index contributed by atoms with van der Waals surface area (Å²) in [4.78, 5) is 39.2. The minimum absolute atomic E-state index is 0.240. The highest BCUT2D eigenvalue weighted by molar-refractivity contribution is 5.95. The van der Waals surface area contributed by atoms with E-state index >= 15 is 0 Å². The molecule has 0 bridgehead atoms. The average molecular weight is 396 g/mol. The number of carbonyl (C=O) groups excluding carboxylic acids is 1. The summed E-state index contributed by atoms with van der Waals surface area (Å²) in [7, 11) is 1.52. The second kappa shape index (κ2) is 7.34. The number of rotatable bonds is 5. The van der Waals surface area contributed by atoms with Gasteiger partial charge in [0, 0.05) is 24.3 Å². The molecule has 0 amide bonds. The zero-order chi connectivity index (χ0) is 20.5. The Morgan fingerprint density at radius 1 is 1.03 bits per heavy atom. The van der Waals surface area contributed by atoms with Gasteiger partial charge in [-0.15, -0.1) is 5.10 Å². The van der Waals surface area contributed by atoms with Gasteiger partial charge in [-0.1, -0.05) is 0 Å². The number of benzene rings is 2. The average Bonchev–Trinajstić information content (AvgIpc) is 3.16. The fraction of sp³-hybridized carbons (Fsp3) is 0.200. The summed E-state index contributed by atoms with van der Waals surface area (Å²) < 4.78 is 20.4. The molecule has 1 aromatic heterocycles. The number of Topliss-reactive ketones (excluding diaryl/α,β-unsaturated/α-hetero) is 1. The Balaban J connectivity index is 1.68. The van der Waals surface area contributed by atoms with E-state index in [1.165, 1.54) is 23.8 Å². The lowest BCUT2D eigenvalue weighted by Crippen LogP contribution is -2.43. The smallest absolute Gasteiger partial charge is 0.333 e. The number of methoxy groups -OCH3 is 1. The van der Waals surface area contributed by atoms with Crippen LogP contribution in [0.4, 0.5) is 16.0 Å². The van der Waals surface area contributed by atoms with Crippen LogP contribution in [0.2, 0.25) is 0 Å². The first-order chi connectivity index (χ1) is 14.0. The third-order valence-corrected chi connectivity index (χ3v) is 4.75. The van der Waals surface area contributed by atoms with Gasteiger partial charge in [0.25, 0.3) is 0 Å². The number of hydrogen-bond donors (Lipinski definition) is 0. The molecule has 0 atom stereocenters. The van der Waals surface area contributed by atoms with Crippen molar-refractivity contribution in [2.75, 3.05) is 18.6 Å². The third-order valence-electron chi connectivity index (χ3n) is 4.75. The molecule has 0 saturated heterocycles. The van der Waals surface area contributed by atoms with Crippen LogP contribution in [-0.2, 0) is 13.1 Å². The number of nitrogens with zero attached hydrogens (tertiary/aromatic N) is 4. The van der Waals surface area contributed by atoms with Crippen LogP contribution in [0.25, 0.3) is 0 Å². The molecule has 0 unspecified atom stereocenters. The number of aromatic nitrogens is 3. The van der Waals surface area contributed by atoms with Crippen molar-refractivity contribution >= 4 is 17.4 Å². The molecule has 2 heterocycles. The standard InChI is InChI=1S/C20H17FN4O4/c1-29-16-8-2-13(3-9-16)17(26)12-25-19(28)18(27)24-11-10-23(20(24)22-25)15-6-4-14(21)5-7-15/h2-9H,10-12H2,1H3. The molecule has 29 heavy (non-hydrogen) atoms. The van der Waals surface area contributed by atoms with E-state index in [4.69, 9.17) is 4.74 Å². The van der Waals surface area contributed by atoms with E-state index in [1.54, 1.807) is 41.3 Å². The summed E-state index contributed by atoms with van der Waals surface area (Å²) >= 11 is 0. The Morgan fingerprint density at radius 3 is 2.38 bits per heavy atom. The van der Waals surface area contributed by atoms with Crippen molar-refractivity contribution in [2.45, 2.75) is 13.1 Å². The SMILES string of the molecule is COc1ccc(C(=O)Cn2nc3n(c(=O)c2=O)CCN3c2ccc(F)cc2)cc1. The number of ketones is 1. The second-order valence-corrected chi connectivity index (χ2v) is 6.50. The molecule has 0 saturated carbocycles. The fourth-order valence-corrected chi connectivity index (χ4v) is 3.20. The fourth-order valence-electron chi connectivity index (χ4n) is 3.20. The predicted molar refractivity (Wildman–Crippen MR) is 103 cm³/mol. The molecular formula is C20H17FN4O4. The van der Waals surface area contributed by atoms with Gasteiger partial charge in [0.05, 0.1) is 7.11 Å². The van der Waals surface area contributed by atoms with Gasteiger partial charge < -0.3 is 9.64 Å². The number of hydrogen-bond acceptors (Lipinski definition) is 6. The van der Waals surface area contributed by atoms with Crippen LogP contribution >= 0.6 is 0 Å². The summed E-state index contributed by atoms with van der Waals surface area (Å²) in [6.45, 7) is 0.316. The third kappa shape index (κ3) is 3.42. The first kappa shape index (κ1) is 18.6. The Morgan fingerprint density at radius 2 is 1.72 bits per heavy atom. The molecule has 0 fully saturated rings. The highest BCUT2D eigenvalue weighted by atomic mass is 19.1. The van der Waals surface area contributed by atoms with Crippen molar-refractivity contribution in [3.63, 3.8) is 0 Å². The van der Waals surface area contributed by atoms with Gasteiger partial charge in [-0.05, 0) is 48.5 Å². The summed E-state index contributed by atoms with van der Waals surface area (Å²) in [6, 6.07) is 12.2. The lowest BCUT2D eigenvalue weighted by Gasteiger charge is -2.17. The van der Waals surface area contributed by atoms with Crippen molar-refractivity contribution in [1.29, 1.82) is 0 Å². The van der Waals surface area contributed by atoms with Gasteiger partial charge in [-0.3, -0.25) is 19.0 Å². The minimum atomic E-state index is -0.864. The first-order valence-corrected chi connectivity index (χ1v) is 8.90. The summed E-state index contributed by atoms with van der Waals surface area (Å²) in [5.74, 6) is 0.0950. The van der Waals surface area contributed by atoms with E-state index in [0.717, 1.165) is 4.68 Å². The highest BCUT2D eigenvalue weighted by Gasteiger charge is 2.26. The number of anilines is 2. The van der Waals surface area contributed by atoms with E-state index in [-0.39, 0.29) is 30.6 Å². The lowest BCUT2D eigenvalue weighted by atomic mass is 10.1. The van der Waals surface area contributed by atoms with Crippen LogP contribution in [0.3, 0.4) is 0 Å². The van der Waals surface area contributed by atoms with Crippen LogP contribution < -0.4 is 20.8 Å². The number of fused-ring (bicyclic) bond motifs is 1. The molecule has 4 rings (SSSR count). The summed E-state index contributed by atoms with van der Waals surface area (Å²) in [5, 5.41) is 4.25. The normalized spacial score (nSPS) is 12.7. The highest BCUT2D eigenvalue weighted by Crippen LogP contribution is 2.26. The van der Waals surface area contributed by atoms with Gasteiger partial charge >= 0.3 is 11.1 Å². The number of halogens is 1. The van der Waals surface area contributed by atoms with Crippen LogP contribution in [-0.4, -0.2) is 33.8 Å². The molecule has 0 radical (unpaired) electrons. The van der Waals surface area contributed by atoms with Gasteiger partial charge in [-0.2, -0.15) is 0 Å².